The van der Waals surface area contributed by atoms with Gasteiger partial charge in [-0.3, -0.25) is 14.9 Å². The van der Waals surface area contributed by atoms with Crippen LogP contribution >= 0.6 is 46.0 Å². The lowest BCUT2D eigenvalue weighted by Crippen LogP contribution is -2.19. The Balaban J connectivity index is 1.59. The van der Waals surface area contributed by atoms with E-state index in [0.717, 1.165) is 17.3 Å². The van der Waals surface area contributed by atoms with E-state index in [0.29, 0.717) is 14.0 Å². The van der Waals surface area contributed by atoms with Gasteiger partial charge in [0.2, 0.25) is 0 Å². The van der Waals surface area contributed by atoms with Crippen LogP contribution in [0.1, 0.15) is 11.1 Å². The predicted molar refractivity (Wildman–Crippen MR) is 154 cm³/mol. The molecule has 1 amide bonds. The number of amidine groups is 1. The highest BCUT2D eigenvalue weighted by Crippen LogP contribution is 2.38. The molecule has 3 aromatic rings. The van der Waals surface area contributed by atoms with Crippen molar-refractivity contribution in [2.45, 2.75) is 11.8 Å². The molecule has 0 radical (unpaired) electrons. The van der Waals surface area contributed by atoms with Gasteiger partial charge >= 0.3 is 10.1 Å². The molecule has 1 aliphatic rings. The average molecular weight is 686 g/mol. The molecule has 1 N–H and O–H groups in total. The van der Waals surface area contributed by atoms with Crippen LogP contribution < -0.4 is 14.2 Å². The summed E-state index contributed by atoms with van der Waals surface area (Å²) in [4.78, 5) is 27.5. The van der Waals surface area contributed by atoms with Crippen molar-refractivity contribution in [1.82, 2.24) is 5.32 Å². The lowest BCUT2D eigenvalue weighted by atomic mass is 10.2. The minimum absolute atomic E-state index is 0.00566. The molecular weight excluding hydrogens is 669 g/mol. The lowest BCUT2D eigenvalue weighted by Gasteiger charge is -2.13. The van der Waals surface area contributed by atoms with Gasteiger partial charge in [-0.25, -0.2) is 4.99 Å². The van der Waals surface area contributed by atoms with Crippen molar-refractivity contribution >= 4 is 84.6 Å². The van der Waals surface area contributed by atoms with Crippen molar-refractivity contribution in [3.8, 4) is 11.5 Å². The maximum absolute atomic E-state index is 12.8. The van der Waals surface area contributed by atoms with Crippen molar-refractivity contribution in [2.24, 2.45) is 4.99 Å². The highest BCUT2D eigenvalue weighted by atomic mass is 127. The van der Waals surface area contributed by atoms with Gasteiger partial charge in [0, 0.05) is 12.1 Å². The fourth-order valence-corrected chi connectivity index (χ4v) is 6.10. The van der Waals surface area contributed by atoms with E-state index in [2.05, 4.69) is 10.3 Å². The van der Waals surface area contributed by atoms with Crippen molar-refractivity contribution in [1.29, 1.82) is 0 Å². The first kappa shape index (κ1) is 27.9. The number of carbonyl (C=O) groups excluding carboxylic acids is 1. The van der Waals surface area contributed by atoms with E-state index in [1.807, 2.05) is 29.5 Å². The Morgan fingerprint density at radius 3 is 2.50 bits per heavy atom. The van der Waals surface area contributed by atoms with Crippen molar-refractivity contribution < 1.29 is 27.1 Å². The number of rotatable bonds is 7. The zero-order chi connectivity index (χ0) is 27.6. The van der Waals surface area contributed by atoms with Crippen LogP contribution in [0.5, 0.6) is 11.5 Å². The van der Waals surface area contributed by atoms with E-state index in [4.69, 9.17) is 20.5 Å². The molecule has 1 fully saturated rings. The number of halogens is 2. The molecule has 1 saturated heterocycles. The first-order valence-electron chi connectivity index (χ1n) is 10.6. The minimum Gasteiger partial charge on any atom is -0.493 e. The Morgan fingerprint density at radius 1 is 1.16 bits per heavy atom. The minimum atomic E-state index is -4.11. The molecule has 4 rings (SSSR count). The van der Waals surface area contributed by atoms with E-state index in [-0.39, 0.29) is 38.0 Å². The van der Waals surface area contributed by atoms with Gasteiger partial charge in [0.15, 0.2) is 16.7 Å². The standard InChI is InChI=1S/C24H17ClIN3O7S2/c1-13-3-6-16(7-4-13)38(33,34)36-22-18(26)9-14(10-20(22)35-2)11-21-23(30)28-24(37-21)27-19-8-5-15(29(31)32)12-17(19)25/h3-12H,1-2H3,(H,27,28,30)/b21-11+. The number of benzene rings is 3. The number of nitrogens with one attached hydrogen (secondary N) is 1. The Morgan fingerprint density at radius 2 is 1.87 bits per heavy atom. The normalized spacial score (nSPS) is 15.5. The highest BCUT2D eigenvalue weighted by Gasteiger charge is 2.26. The number of aliphatic imine (C=N–C) groups is 1. The van der Waals surface area contributed by atoms with Crippen LogP contribution in [0.2, 0.25) is 5.02 Å². The fourth-order valence-electron chi connectivity index (χ4n) is 3.21. The van der Waals surface area contributed by atoms with Gasteiger partial charge in [-0.2, -0.15) is 8.42 Å². The van der Waals surface area contributed by atoms with E-state index < -0.39 is 20.9 Å². The third-order valence-electron chi connectivity index (χ3n) is 5.07. The summed E-state index contributed by atoms with van der Waals surface area (Å²) in [5, 5.41) is 13.8. The molecule has 196 valence electrons. The monoisotopic (exact) mass is 685 g/mol. The van der Waals surface area contributed by atoms with Crippen LogP contribution in [-0.4, -0.2) is 31.5 Å². The van der Waals surface area contributed by atoms with Crippen LogP contribution in [0, 0.1) is 20.6 Å². The molecule has 0 unspecified atom stereocenters. The number of nitro benzene ring substituents is 1. The molecule has 0 atom stereocenters. The van der Waals surface area contributed by atoms with Crippen LogP contribution in [0.15, 0.2) is 69.4 Å². The van der Waals surface area contributed by atoms with Crippen LogP contribution in [0.25, 0.3) is 6.08 Å². The Bertz CT molecular complexity index is 1620. The van der Waals surface area contributed by atoms with E-state index >= 15 is 0 Å². The van der Waals surface area contributed by atoms with E-state index in [1.54, 1.807) is 30.3 Å². The van der Waals surface area contributed by atoms with Gasteiger partial charge < -0.3 is 14.2 Å². The summed E-state index contributed by atoms with van der Waals surface area (Å²) in [6, 6.07) is 13.3. The molecule has 0 spiro atoms. The van der Waals surface area contributed by atoms with E-state index in [1.165, 1.54) is 37.4 Å². The number of hydrogen-bond donors (Lipinski definition) is 1. The van der Waals surface area contributed by atoms with Gasteiger partial charge in [0.05, 0.1) is 31.2 Å². The summed E-state index contributed by atoms with van der Waals surface area (Å²) in [6.07, 6.45) is 1.59. The number of non-ortho nitro benzene ring substituents is 1. The third-order valence-corrected chi connectivity index (χ3v) is 8.32. The molecular formula is C24H17ClIN3O7S2. The Kier molecular flexibility index (Phi) is 8.30. The first-order valence-corrected chi connectivity index (χ1v) is 14.3. The van der Waals surface area contributed by atoms with Gasteiger partial charge in [0.25, 0.3) is 11.6 Å². The number of thioether (sulfide) groups is 1. The van der Waals surface area contributed by atoms with Crippen LogP contribution in [-0.2, 0) is 14.9 Å². The van der Waals surface area contributed by atoms with Gasteiger partial charge in [0.1, 0.15) is 4.90 Å². The highest BCUT2D eigenvalue weighted by molar-refractivity contribution is 14.1. The number of methoxy groups -OCH3 is 1. The number of carbonyl (C=O) groups is 1. The Labute approximate surface area is 240 Å². The summed E-state index contributed by atoms with van der Waals surface area (Å²) < 4.78 is 36.8. The van der Waals surface area contributed by atoms with Gasteiger partial charge in [-0.05, 0) is 83.2 Å². The summed E-state index contributed by atoms with van der Waals surface area (Å²) in [5.74, 6) is -0.230. The maximum Gasteiger partial charge on any atom is 0.339 e. The smallest absolute Gasteiger partial charge is 0.339 e. The SMILES string of the molecule is COc1cc(/C=C2/SC(=Nc3ccc([N+](=O)[O-])cc3Cl)NC2=O)cc(I)c1OS(=O)(=O)c1ccc(C)cc1. The average Bonchev–Trinajstić information content (AvgIpc) is 3.20. The molecule has 0 saturated carbocycles. The van der Waals surface area contributed by atoms with Gasteiger partial charge in [-0.1, -0.05) is 29.3 Å². The quantitative estimate of drug-likeness (QED) is 0.108. The third kappa shape index (κ3) is 6.28. The molecule has 0 bridgehead atoms. The first-order chi connectivity index (χ1) is 18.0. The molecule has 1 aliphatic heterocycles. The summed E-state index contributed by atoms with van der Waals surface area (Å²) in [5.41, 5.74) is 1.55. The molecule has 3 aromatic carbocycles. The molecule has 14 heteroatoms. The summed E-state index contributed by atoms with van der Waals surface area (Å²) >= 11 is 9.07. The zero-order valence-electron chi connectivity index (χ0n) is 19.6. The topological polar surface area (TPSA) is 137 Å². The number of nitrogens with zero attached hydrogens (tertiary/aromatic N) is 2. The van der Waals surface area contributed by atoms with Gasteiger partial charge in [-0.15, -0.1) is 0 Å². The Hall–Kier alpha value is -3.14. The van der Waals surface area contributed by atoms with Crippen molar-refractivity contribution in [3.63, 3.8) is 0 Å². The second-order valence-electron chi connectivity index (χ2n) is 7.76. The van der Waals surface area contributed by atoms with Crippen molar-refractivity contribution in [2.75, 3.05) is 7.11 Å². The number of aryl methyl sites for hydroxylation is 1. The largest absolute Gasteiger partial charge is 0.493 e. The van der Waals surface area contributed by atoms with Crippen LogP contribution in [0.3, 0.4) is 0 Å². The number of nitro groups is 1. The second-order valence-corrected chi connectivity index (χ2v) is 11.9. The summed E-state index contributed by atoms with van der Waals surface area (Å²) in [6.45, 7) is 1.85. The molecule has 0 aliphatic carbocycles. The maximum atomic E-state index is 12.8. The zero-order valence-corrected chi connectivity index (χ0v) is 24.1. The summed E-state index contributed by atoms with van der Waals surface area (Å²) in [7, 11) is -2.73. The molecule has 1 heterocycles. The second kappa shape index (κ2) is 11.3. The predicted octanol–water partition coefficient (Wildman–Crippen LogP) is 5.83. The molecule has 10 nitrogen and oxygen atoms in total. The molecule has 0 aromatic heterocycles. The number of ether oxygens (including phenoxy) is 1. The number of hydrogen-bond acceptors (Lipinski definition) is 9. The molecule has 38 heavy (non-hydrogen) atoms. The van der Waals surface area contributed by atoms with Crippen molar-refractivity contribution in [3.05, 3.63) is 89.3 Å². The fraction of sp³-hybridized carbons (Fsp3) is 0.0833. The number of amides is 1. The van der Waals surface area contributed by atoms with E-state index in [9.17, 15) is 23.3 Å². The lowest BCUT2D eigenvalue weighted by molar-refractivity contribution is -0.384. The van der Waals surface area contributed by atoms with Crippen LogP contribution in [0.4, 0.5) is 11.4 Å².